The lowest BCUT2D eigenvalue weighted by molar-refractivity contribution is 0.568. The van der Waals surface area contributed by atoms with Crippen LogP contribution < -0.4 is 26.2 Å². The molecule has 5 nitrogen and oxygen atoms in total. The molecule has 3 heterocycles. The quantitative estimate of drug-likeness (QED) is 0.127. The van der Waals surface area contributed by atoms with Crippen LogP contribution in [0.5, 0.6) is 0 Å². The molecule has 0 saturated carbocycles. The fourth-order valence-electron chi connectivity index (χ4n) is 15.5. The van der Waals surface area contributed by atoms with Crippen LogP contribution in [0, 0.1) is 0 Å². The van der Waals surface area contributed by atoms with Crippen LogP contribution in [0.15, 0.2) is 194 Å². The second-order valence-corrected chi connectivity index (χ2v) is 33.9. The van der Waals surface area contributed by atoms with Gasteiger partial charge in [0.2, 0.25) is 0 Å². The van der Waals surface area contributed by atoms with Gasteiger partial charge in [-0.3, -0.25) is 0 Å². The summed E-state index contributed by atoms with van der Waals surface area (Å²) in [6.07, 6.45) is 0. The summed E-state index contributed by atoms with van der Waals surface area (Å²) in [4.78, 5) is 22.7. The molecule has 6 heteroatoms. The van der Waals surface area contributed by atoms with Gasteiger partial charge in [-0.2, -0.15) is 0 Å². The largest absolute Gasteiger partial charge is 0.311 e. The molecule has 0 N–H and O–H groups in total. The van der Waals surface area contributed by atoms with Crippen molar-refractivity contribution in [2.75, 3.05) is 9.80 Å². The molecule has 14 aromatic rings. The summed E-state index contributed by atoms with van der Waals surface area (Å²) in [5.74, 6) is 1.92. The molecule has 95 heavy (non-hydrogen) atoms. The Hall–Kier alpha value is -9.39. The lowest BCUT2D eigenvalue weighted by atomic mass is 9.33. The normalized spacial score (nSPS) is 13.9. The van der Waals surface area contributed by atoms with Crippen LogP contribution in [0.2, 0.25) is 0 Å². The van der Waals surface area contributed by atoms with E-state index in [0.29, 0.717) is 17.5 Å². The molecule has 0 amide bonds. The van der Waals surface area contributed by atoms with Crippen molar-refractivity contribution < 1.29 is 0 Å². The number of hydrogen-bond donors (Lipinski definition) is 0. The van der Waals surface area contributed by atoms with Gasteiger partial charge in [0.05, 0.1) is 0 Å². The van der Waals surface area contributed by atoms with Crippen molar-refractivity contribution in [2.45, 2.75) is 157 Å². The third-order valence-corrected chi connectivity index (χ3v) is 21.0. The van der Waals surface area contributed by atoms with Crippen molar-refractivity contribution in [1.29, 1.82) is 0 Å². The Bertz CT molecular complexity index is 5050. The molecule has 16 rings (SSSR count). The average molecular weight is 1240 g/mol. The van der Waals surface area contributed by atoms with Gasteiger partial charge in [0.25, 0.3) is 6.71 Å². The molecule has 0 aliphatic carbocycles. The maximum absolute atomic E-state index is 5.86. The van der Waals surface area contributed by atoms with E-state index < -0.39 is 0 Å². The Kier molecular flexibility index (Phi) is 13.1. The predicted octanol–water partition coefficient (Wildman–Crippen LogP) is 22.5. The van der Waals surface area contributed by atoms with E-state index in [1.54, 1.807) is 0 Å². The Morgan fingerprint density at radius 1 is 0.274 bits per heavy atom. The molecule has 2 aliphatic heterocycles. The smallest absolute Gasteiger partial charge is 0.252 e. The van der Waals surface area contributed by atoms with E-state index in [2.05, 4.69) is 329 Å². The maximum atomic E-state index is 5.86. The summed E-state index contributed by atoms with van der Waals surface area (Å²) in [5, 5.41) is 15.1. The molecule has 0 bridgehead atoms. The predicted molar refractivity (Wildman–Crippen MR) is 410 cm³/mol. The molecular formula is C89H86BN5. The van der Waals surface area contributed by atoms with Crippen molar-refractivity contribution in [2.24, 2.45) is 0 Å². The first-order valence-corrected chi connectivity index (χ1v) is 34.3. The number of aromatic nitrogens is 3. The Balaban J connectivity index is 1.09. The van der Waals surface area contributed by atoms with E-state index in [-0.39, 0.29) is 39.2 Å². The van der Waals surface area contributed by atoms with Crippen molar-refractivity contribution in [3.63, 3.8) is 0 Å². The van der Waals surface area contributed by atoms with Crippen LogP contribution in [0.1, 0.15) is 158 Å². The molecule has 13 aromatic carbocycles. The lowest BCUT2D eigenvalue weighted by Crippen LogP contribution is -2.61. The van der Waals surface area contributed by atoms with E-state index in [9.17, 15) is 0 Å². The maximum Gasteiger partial charge on any atom is 0.252 e. The van der Waals surface area contributed by atoms with Crippen LogP contribution in [-0.4, -0.2) is 21.7 Å². The Morgan fingerprint density at radius 2 is 0.568 bits per heavy atom. The molecular weight excluding hydrogens is 1150 g/mol. The van der Waals surface area contributed by atoms with Gasteiger partial charge < -0.3 is 9.80 Å². The van der Waals surface area contributed by atoms with Gasteiger partial charge in [0.15, 0.2) is 17.5 Å². The van der Waals surface area contributed by atoms with E-state index in [0.717, 1.165) is 39.4 Å². The first-order valence-electron chi connectivity index (χ1n) is 34.3. The molecule has 0 radical (unpaired) electrons. The summed E-state index contributed by atoms with van der Waals surface area (Å²) < 4.78 is 0. The van der Waals surface area contributed by atoms with Crippen molar-refractivity contribution in [1.82, 2.24) is 15.0 Å². The second-order valence-electron chi connectivity index (χ2n) is 33.9. The molecule has 0 spiro atoms. The van der Waals surface area contributed by atoms with Gasteiger partial charge in [-0.15, -0.1) is 0 Å². The van der Waals surface area contributed by atoms with Crippen LogP contribution in [-0.2, 0) is 32.5 Å². The van der Waals surface area contributed by atoms with Gasteiger partial charge in [0, 0.05) is 61.6 Å². The minimum absolute atomic E-state index is 0.0622. The van der Waals surface area contributed by atoms with Crippen molar-refractivity contribution >= 4 is 122 Å². The van der Waals surface area contributed by atoms with Gasteiger partial charge in [-0.25, -0.2) is 15.0 Å². The van der Waals surface area contributed by atoms with Gasteiger partial charge >= 0.3 is 0 Å². The summed E-state index contributed by atoms with van der Waals surface area (Å²) in [6, 6.07) is 75.5. The third kappa shape index (κ3) is 9.81. The topological polar surface area (TPSA) is 45.2 Å². The highest BCUT2D eigenvalue weighted by atomic mass is 15.2. The first-order chi connectivity index (χ1) is 44.8. The summed E-state index contributed by atoms with van der Waals surface area (Å²) in [6.45, 7) is 41.4. The third-order valence-electron chi connectivity index (χ3n) is 21.0. The SMILES string of the molecule is CC(C)(C)c1ccc(N2c3cc(-c4nc(-c5cc(C(C)(C)C)cc(C(C)(C)C)c5)nc(-c5cc(C(C)(C)C)cc(C(C)(C)C)c5)n4)cc4c3B(c3cc5ccc6cccc7ccc(c32)c5c67)c2cc3ccc5cccc6ccc(c2N4c2ccc(C(C)(C)C)cc2)c3c56)cc1. The van der Waals surface area contributed by atoms with Crippen molar-refractivity contribution in [3.8, 4) is 34.2 Å². The standard InChI is InChI=1S/C89H86BN5/c1-84(2,3)60-31-35-66(36-32-60)94-72-47-59(83-92-81(57-41-62(86(7,8)9)49-63(42-57)87(10,11)12)91-82(93-83)58-43-64(88(13,14)15)50-65(44-58)89(16,17)18)48-73-78(72)90(70-45-55-27-25-51-21-19-23-53-29-39-68(79(70)94)76(55)74(51)53)71-46-56-28-26-52-22-20-24-54-30-40-69(77(56)75(52)54)80(71)95(73)67-37-33-61(34-38-67)85(4,5)6/h19-50H,1-18H3. The number of rotatable bonds is 5. The zero-order chi connectivity index (χ0) is 66.5. The Labute approximate surface area is 562 Å². The fourth-order valence-corrected chi connectivity index (χ4v) is 15.5. The Morgan fingerprint density at radius 3 is 0.884 bits per heavy atom. The average Bonchev–Trinajstić information content (AvgIpc) is 0.678. The molecule has 470 valence electrons. The molecule has 1 aromatic heterocycles. The number of anilines is 6. The molecule has 0 fully saturated rings. The highest BCUT2D eigenvalue weighted by Crippen LogP contribution is 2.53. The number of fused-ring (bicyclic) bond motifs is 6. The van der Waals surface area contributed by atoms with E-state index in [4.69, 9.17) is 15.0 Å². The van der Waals surface area contributed by atoms with Gasteiger partial charge in [-0.1, -0.05) is 258 Å². The fraction of sp³-hybridized carbons (Fsp3) is 0.270. The first kappa shape index (κ1) is 60.6. The zero-order valence-electron chi connectivity index (χ0n) is 58.8. The van der Waals surface area contributed by atoms with Gasteiger partial charge in [-0.05, 0) is 197 Å². The van der Waals surface area contributed by atoms with E-state index in [1.807, 2.05) is 0 Å². The van der Waals surface area contributed by atoms with Crippen LogP contribution in [0.4, 0.5) is 34.1 Å². The summed E-state index contributed by atoms with van der Waals surface area (Å²) >= 11 is 0. The lowest BCUT2D eigenvalue weighted by Gasteiger charge is -2.45. The van der Waals surface area contributed by atoms with Crippen molar-refractivity contribution in [3.05, 3.63) is 228 Å². The molecule has 2 aliphatic rings. The van der Waals surface area contributed by atoms with Gasteiger partial charge in [0.1, 0.15) is 0 Å². The summed E-state index contributed by atoms with van der Waals surface area (Å²) in [5.41, 5.74) is 20.2. The number of nitrogens with zero attached hydrogens (tertiary/aromatic N) is 5. The molecule has 0 unspecified atom stereocenters. The summed E-state index contributed by atoms with van der Waals surface area (Å²) in [7, 11) is 0. The van der Waals surface area contributed by atoms with Crippen LogP contribution >= 0.6 is 0 Å². The van der Waals surface area contributed by atoms with Crippen LogP contribution in [0.3, 0.4) is 0 Å². The monoisotopic (exact) mass is 1240 g/mol. The van der Waals surface area contributed by atoms with Crippen LogP contribution in [0.25, 0.3) is 98.8 Å². The number of hydrogen-bond acceptors (Lipinski definition) is 5. The zero-order valence-corrected chi connectivity index (χ0v) is 58.8. The molecule has 0 saturated heterocycles. The second kappa shape index (κ2) is 20.6. The minimum atomic E-state index is -0.200. The van der Waals surface area contributed by atoms with E-state index >= 15 is 0 Å². The highest BCUT2D eigenvalue weighted by Gasteiger charge is 2.46. The number of benzene rings is 13. The molecule has 0 atom stereocenters. The van der Waals surface area contributed by atoms with E-state index in [1.165, 1.54) is 126 Å². The minimum Gasteiger partial charge on any atom is -0.311 e. The highest BCUT2D eigenvalue weighted by molar-refractivity contribution is 7.01.